The van der Waals surface area contributed by atoms with E-state index in [0.717, 1.165) is 34.5 Å². The molecule has 1 unspecified atom stereocenters. The Morgan fingerprint density at radius 2 is 2.07 bits per heavy atom. The number of nitrogens with zero attached hydrogens (tertiary/aromatic N) is 1. The maximum Gasteiger partial charge on any atom is 0.224 e. The number of methoxy groups -OCH3 is 1. The summed E-state index contributed by atoms with van der Waals surface area (Å²) in [6.45, 7) is 1.52. The van der Waals surface area contributed by atoms with Crippen LogP contribution >= 0.6 is 0 Å². The van der Waals surface area contributed by atoms with Gasteiger partial charge in [-0.3, -0.25) is 4.79 Å². The number of aromatic amines is 1. The van der Waals surface area contributed by atoms with Crippen molar-refractivity contribution < 1.29 is 14.3 Å². The Balaban J connectivity index is 1.59. The molecule has 0 spiro atoms. The minimum absolute atomic E-state index is 0.0226. The number of rotatable bonds is 10. The minimum Gasteiger partial charge on any atom is -0.457 e. The third-order valence-corrected chi connectivity index (χ3v) is 4.53. The molecule has 3 aromatic rings. The molecule has 1 amide bonds. The number of nitrogens with one attached hydrogen (secondary N) is 2. The van der Waals surface area contributed by atoms with Gasteiger partial charge in [-0.15, -0.1) is 0 Å². The van der Waals surface area contributed by atoms with E-state index in [1.807, 2.05) is 42.6 Å². The summed E-state index contributed by atoms with van der Waals surface area (Å²) in [5.41, 5.74) is 7.63. The van der Waals surface area contributed by atoms with Crippen LogP contribution in [0.5, 0.6) is 11.5 Å². The normalized spacial score (nSPS) is 12.1. The van der Waals surface area contributed by atoms with Gasteiger partial charge in [0.1, 0.15) is 17.1 Å². The van der Waals surface area contributed by atoms with E-state index in [4.69, 9.17) is 15.2 Å². The SMILES string of the molecule is COCCCNC(=O)C(CN)Cc1ccc(Oc2ccnc3[nH]ccc23)cc1. The van der Waals surface area contributed by atoms with Crippen molar-refractivity contribution in [3.63, 3.8) is 0 Å². The van der Waals surface area contributed by atoms with E-state index >= 15 is 0 Å². The van der Waals surface area contributed by atoms with Gasteiger partial charge in [-0.1, -0.05) is 12.1 Å². The zero-order valence-corrected chi connectivity index (χ0v) is 16.0. The van der Waals surface area contributed by atoms with Gasteiger partial charge in [0.25, 0.3) is 0 Å². The number of H-pyrrole nitrogens is 1. The largest absolute Gasteiger partial charge is 0.457 e. The Morgan fingerprint density at radius 3 is 2.82 bits per heavy atom. The zero-order valence-electron chi connectivity index (χ0n) is 16.0. The van der Waals surface area contributed by atoms with Crippen LogP contribution in [0.3, 0.4) is 0 Å². The van der Waals surface area contributed by atoms with Gasteiger partial charge in [0.2, 0.25) is 5.91 Å². The molecule has 148 valence electrons. The van der Waals surface area contributed by atoms with Gasteiger partial charge < -0.3 is 25.5 Å². The number of carbonyl (C=O) groups is 1. The molecule has 2 heterocycles. The van der Waals surface area contributed by atoms with Crippen LogP contribution in [-0.4, -0.2) is 42.7 Å². The fourth-order valence-electron chi connectivity index (χ4n) is 2.99. The summed E-state index contributed by atoms with van der Waals surface area (Å²) in [5.74, 6) is 1.19. The van der Waals surface area contributed by atoms with Crippen molar-refractivity contribution in [2.45, 2.75) is 12.8 Å². The van der Waals surface area contributed by atoms with Crippen molar-refractivity contribution in [3.8, 4) is 11.5 Å². The maximum absolute atomic E-state index is 12.3. The van der Waals surface area contributed by atoms with E-state index < -0.39 is 0 Å². The fourth-order valence-corrected chi connectivity index (χ4v) is 2.99. The van der Waals surface area contributed by atoms with E-state index in [1.165, 1.54) is 0 Å². The number of amides is 1. The molecule has 4 N–H and O–H groups in total. The molecule has 0 aliphatic carbocycles. The lowest BCUT2D eigenvalue weighted by Crippen LogP contribution is -2.37. The third kappa shape index (κ3) is 5.09. The summed E-state index contributed by atoms with van der Waals surface area (Å²) < 4.78 is 11.0. The smallest absolute Gasteiger partial charge is 0.224 e. The summed E-state index contributed by atoms with van der Waals surface area (Å²) in [7, 11) is 1.65. The third-order valence-electron chi connectivity index (χ3n) is 4.53. The highest BCUT2D eigenvalue weighted by molar-refractivity contribution is 5.82. The van der Waals surface area contributed by atoms with Gasteiger partial charge in [0, 0.05) is 39.2 Å². The molecule has 0 aliphatic rings. The Labute approximate surface area is 164 Å². The first kappa shape index (κ1) is 19.9. The van der Waals surface area contributed by atoms with Crippen LogP contribution in [0, 0.1) is 5.92 Å². The average molecular weight is 382 g/mol. The van der Waals surface area contributed by atoms with E-state index in [0.29, 0.717) is 26.1 Å². The van der Waals surface area contributed by atoms with Crippen LogP contribution in [0.25, 0.3) is 11.0 Å². The highest BCUT2D eigenvalue weighted by Crippen LogP contribution is 2.28. The quantitative estimate of drug-likeness (QED) is 0.468. The number of fused-ring (bicyclic) bond motifs is 1. The van der Waals surface area contributed by atoms with Crippen LogP contribution < -0.4 is 15.8 Å². The van der Waals surface area contributed by atoms with Gasteiger partial charge in [0.05, 0.1) is 11.3 Å². The van der Waals surface area contributed by atoms with E-state index in [9.17, 15) is 4.79 Å². The highest BCUT2D eigenvalue weighted by Gasteiger charge is 2.17. The lowest BCUT2D eigenvalue weighted by molar-refractivity contribution is -0.124. The fraction of sp³-hybridized carbons (Fsp3) is 0.333. The molecule has 0 radical (unpaired) electrons. The first-order valence-corrected chi connectivity index (χ1v) is 9.37. The topological polar surface area (TPSA) is 102 Å². The van der Waals surface area contributed by atoms with Crippen LogP contribution in [0.15, 0.2) is 48.8 Å². The predicted octanol–water partition coefficient (Wildman–Crippen LogP) is 2.63. The first-order valence-electron chi connectivity index (χ1n) is 9.37. The van der Waals surface area contributed by atoms with Crippen molar-refractivity contribution in [3.05, 3.63) is 54.4 Å². The van der Waals surface area contributed by atoms with Crippen molar-refractivity contribution in [2.75, 3.05) is 26.8 Å². The number of ether oxygens (including phenoxy) is 2. The molecule has 0 fully saturated rings. The summed E-state index contributed by atoms with van der Waals surface area (Å²) in [6, 6.07) is 11.5. The molecule has 1 atom stereocenters. The number of pyridine rings is 1. The van der Waals surface area contributed by atoms with Crippen LogP contribution in [0.4, 0.5) is 0 Å². The van der Waals surface area contributed by atoms with Gasteiger partial charge in [0.15, 0.2) is 0 Å². The van der Waals surface area contributed by atoms with Gasteiger partial charge in [-0.25, -0.2) is 4.98 Å². The predicted molar refractivity (Wildman–Crippen MR) is 108 cm³/mol. The molecular weight excluding hydrogens is 356 g/mol. The standard InChI is InChI=1S/C21H26N4O3/c1-27-12-2-9-25-21(26)16(14-22)13-15-3-5-17(6-4-15)28-19-8-11-24-20-18(19)7-10-23-20/h3-8,10-11,16H,2,9,12-14,22H2,1H3,(H,23,24)(H,25,26). The number of hydrogen-bond acceptors (Lipinski definition) is 5. The van der Waals surface area contributed by atoms with Crippen LogP contribution in [0.2, 0.25) is 0 Å². The van der Waals surface area contributed by atoms with E-state index in [-0.39, 0.29) is 11.8 Å². The minimum atomic E-state index is -0.256. The molecule has 7 heteroatoms. The highest BCUT2D eigenvalue weighted by atomic mass is 16.5. The van der Waals surface area contributed by atoms with E-state index in [2.05, 4.69) is 15.3 Å². The van der Waals surface area contributed by atoms with Crippen molar-refractivity contribution >= 4 is 16.9 Å². The molecule has 28 heavy (non-hydrogen) atoms. The second kappa shape index (κ2) is 9.87. The second-order valence-electron chi connectivity index (χ2n) is 6.57. The summed E-state index contributed by atoms with van der Waals surface area (Å²) >= 11 is 0. The second-order valence-corrected chi connectivity index (χ2v) is 6.57. The summed E-state index contributed by atoms with van der Waals surface area (Å²) in [4.78, 5) is 19.6. The van der Waals surface area contributed by atoms with Crippen molar-refractivity contribution in [2.24, 2.45) is 11.7 Å². The Morgan fingerprint density at radius 1 is 1.25 bits per heavy atom. The molecule has 7 nitrogen and oxygen atoms in total. The summed E-state index contributed by atoms with van der Waals surface area (Å²) in [5, 5.41) is 3.85. The van der Waals surface area contributed by atoms with Crippen molar-refractivity contribution in [1.29, 1.82) is 0 Å². The lowest BCUT2D eigenvalue weighted by atomic mass is 9.98. The first-order chi connectivity index (χ1) is 13.7. The zero-order chi connectivity index (χ0) is 19.8. The monoisotopic (exact) mass is 382 g/mol. The molecule has 3 rings (SSSR count). The van der Waals surface area contributed by atoms with Crippen LogP contribution in [-0.2, 0) is 16.0 Å². The number of nitrogens with two attached hydrogens (primary N) is 1. The number of hydrogen-bond donors (Lipinski definition) is 3. The van der Waals surface area contributed by atoms with Gasteiger partial charge in [-0.05, 0) is 42.7 Å². The molecular formula is C21H26N4O3. The molecule has 0 aliphatic heterocycles. The lowest BCUT2D eigenvalue weighted by Gasteiger charge is -2.15. The number of aromatic nitrogens is 2. The molecule has 1 aromatic carbocycles. The number of benzene rings is 1. The molecule has 0 saturated carbocycles. The van der Waals surface area contributed by atoms with E-state index in [1.54, 1.807) is 13.3 Å². The van der Waals surface area contributed by atoms with Crippen molar-refractivity contribution in [1.82, 2.24) is 15.3 Å². The molecule has 0 bridgehead atoms. The van der Waals surface area contributed by atoms with Crippen LogP contribution in [0.1, 0.15) is 12.0 Å². The van der Waals surface area contributed by atoms with Gasteiger partial charge >= 0.3 is 0 Å². The Bertz CT molecular complexity index is 892. The molecule has 0 saturated heterocycles. The Hall–Kier alpha value is -2.90. The maximum atomic E-state index is 12.3. The van der Waals surface area contributed by atoms with Gasteiger partial charge in [-0.2, -0.15) is 0 Å². The average Bonchev–Trinajstić information content (AvgIpc) is 3.20. The summed E-state index contributed by atoms with van der Waals surface area (Å²) in [6.07, 6.45) is 4.92. The number of carbonyl (C=O) groups excluding carboxylic acids is 1. The Kier molecular flexibility index (Phi) is 7.00. The molecule has 2 aromatic heterocycles.